The minimum Gasteiger partial charge on any atom is -0.478 e. The van der Waals surface area contributed by atoms with E-state index in [1.807, 2.05) is 45.0 Å². The molecule has 0 aliphatic carbocycles. The molecule has 0 saturated heterocycles. The van der Waals surface area contributed by atoms with E-state index in [1.54, 1.807) is 9.80 Å². The number of amides is 2. The Bertz CT molecular complexity index is 540. The van der Waals surface area contributed by atoms with Gasteiger partial charge in [-0.05, 0) is 32.4 Å². The first kappa shape index (κ1) is 16.3. The largest absolute Gasteiger partial charge is 0.478 e. The van der Waals surface area contributed by atoms with Crippen molar-refractivity contribution in [1.29, 1.82) is 0 Å². The van der Waals surface area contributed by atoms with Gasteiger partial charge in [0.1, 0.15) is 5.75 Å². The standard InChI is InChI=1S/C17H24N2O3/c1-4-14-17(21)19(12-11-16(20)18(5-2)6-3)13-9-7-8-10-15(13)22-14/h7-10,14H,4-6,11-12H2,1-3H3. The van der Waals surface area contributed by atoms with Gasteiger partial charge < -0.3 is 14.5 Å². The summed E-state index contributed by atoms with van der Waals surface area (Å²) in [7, 11) is 0. The molecule has 0 N–H and O–H groups in total. The summed E-state index contributed by atoms with van der Waals surface area (Å²) in [4.78, 5) is 28.2. The normalized spacial score (nSPS) is 17.0. The van der Waals surface area contributed by atoms with Gasteiger partial charge >= 0.3 is 0 Å². The molecular weight excluding hydrogens is 280 g/mol. The number of rotatable bonds is 6. The lowest BCUT2D eigenvalue weighted by Gasteiger charge is -2.34. The number of hydrogen-bond acceptors (Lipinski definition) is 3. The monoisotopic (exact) mass is 304 g/mol. The lowest BCUT2D eigenvalue weighted by Crippen LogP contribution is -2.47. The van der Waals surface area contributed by atoms with Gasteiger partial charge in [0.2, 0.25) is 5.91 Å². The van der Waals surface area contributed by atoms with Crippen LogP contribution in [-0.4, -0.2) is 42.5 Å². The van der Waals surface area contributed by atoms with E-state index in [4.69, 9.17) is 4.74 Å². The fourth-order valence-corrected chi connectivity index (χ4v) is 2.71. The van der Waals surface area contributed by atoms with Gasteiger partial charge in [-0.25, -0.2) is 0 Å². The Kier molecular flexibility index (Phi) is 5.41. The van der Waals surface area contributed by atoms with Gasteiger partial charge in [-0.3, -0.25) is 9.59 Å². The molecule has 0 aromatic heterocycles. The van der Waals surface area contributed by atoms with Crippen LogP contribution >= 0.6 is 0 Å². The molecule has 5 nitrogen and oxygen atoms in total. The average Bonchev–Trinajstić information content (AvgIpc) is 2.54. The lowest BCUT2D eigenvalue weighted by atomic mass is 10.1. The highest BCUT2D eigenvalue weighted by Crippen LogP contribution is 2.34. The Morgan fingerprint density at radius 2 is 1.91 bits per heavy atom. The SMILES string of the molecule is CCC1Oc2ccccc2N(CCC(=O)N(CC)CC)C1=O. The van der Waals surface area contributed by atoms with Gasteiger partial charge in [-0.2, -0.15) is 0 Å². The third-order valence-electron chi connectivity index (χ3n) is 4.00. The minimum absolute atomic E-state index is 0.0615. The predicted molar refractivity (Wildman–Crippen MR) is 86.0 cm³/mol. The van der Waals surface area contributed by atoms with Gasteiger partial charge in [-0.1, -0.05) is 19.1 Å². The molecule has 0 radical (unpaired) electrons. The summed E-state index contributed by atoms with van der Waals surface area (Å²) >= 11 is 0. The number of para-hydroxylation sites is 2. The van der Waals surface area contributed by atoms with Crippen LogP contribution in [0.25, 0.3) is 0 Å². The van der Waals surface area contributed by atoms with E-state index in [9.17, 15) is 9.59 Å². The first-order valence-electron chi connectivity index (χ1n) is 7.97. The Balaban J connectivity index is 2.14. The molecule has 2 amide bonds. The summed E-state index contributed by atoms with van der Waals surface area (Å²) in [6.07, 6.45) is 0.490. The summed E-state index contributed by atoms with van der Waals surface area (Å²) in [6.45, 7) is 7.63. The summed E-state index contributed by atoms with van der Waals surface area (Å²) in [5.41, 5.74) is 0.754. The Hall–Kier alpha value is -2.04. The first-order valence-corrected chi connectivity index (χ1v) is 7.97. The molecule has 1 aliphatic rings. The van der Waals surface area contributed by atoms with Crippen LogP contribution < -0.4 is 9.64 Å². The maximum Gasteiger partial charge on any atom is 0.268 e. The number of anilines is 1. The zero-order valence-electron chi connectivity index (χ0n) is 13.5. The Labute approximate surface area is 131 Å². The molecule has 1 aliphatic heterocycles. The van der Waals surface area contributed by atoms with E-state index >= 15 is 0 Å². The highest BCUT2D eigenvalue weighted by atomic mass is 16.5. The predicted octanol–water partition coefficient (Wildman–Crippen LogP) is 2.45. The second-order valence-electron chi connectivity index (χ2n) is 5.29. The van der Waals surface area contributed by atoms with Crippen molar-refractivity contribution in [2.75, 3.05) is 24.5 Å². The van der Waals surface area contributed by atoms with Crippen molar-refractivity contribution in [3.05, 3.63) is 24.3 Å². The lowest BCUT2D eigenvalue weighted by molar-refractivity contribution is -0.130. The fraction of sp³-hybridized carbons (Fsp3) is 0.529. The van der Waals surface area contributed by atoms with Crippen molar-refractivity contribution in [1.82, 2.24) is 4.90 Å². The van der Waals surface area contributed by atoms with E-state index in [1.165, 1.54) is 0 Å². The molecule has 0 fully saturated rings. The molecular formula is C17H24N2O3. The number of benzene rings is 1. The molecule has 5 heteroatoms. The van der Waals surface area contributed by atoms with Gasteiger partial charge in [-0.15, -0.1) is 0 Å². The first-order chi connectivity index (χ1) is 10.6. The maximum atomic E-state index is 12.5. The molecule has 1 aromatic rings. The van der Waals surface area contributed by atoms with E-state index in [-0.39, 0.29) is 11.8 Å². The van der Waals surface area contributed by atoms with Crippen LogP contribution in [0.4, 0.5) is 5.69 Å². The molecule has 120 valence electrons. The molecule has 1 atom stereocenters. The molecule has 2 rings (SSSR count). The van der Waals surface area contributed by atoms with E-state index in [0.717, 1.165) is 5.69 Å². The van der Waals surface area contributed by atoms with Crippen LogP contribution in [0.1, 0.15) is 33.6 Å². The average molecular weight is 304 g/mol. The zero-order valence-corrected chi connectivity index (χ0v) is 13.5. The second kappa shape index (κ2) is 7.29. The number of carbonyl (C=O) groups excluding carboxylic acids is 2. The van der Waals surface area contributed by atoms with Crippen LogP contribution in [0.5, 0.6) is 5.75 Å². The fourth-order valence-electron chi connectivity index (χ4n) is 2.71. The third kappa shape index (κ3) is 3.24. The third-order valence-corrected chi connectivity index (χ3v) is 4.00. The van der Waals surface area contributed by atoms with E-state index in [2.05, 4.69) is 0 Å². The number of ether oxygens (including phenoxy) is 1. The van der Waals surface area contributed by atoms with Gasteiger partial charge in [0, 0.05) is 26.1 Å². The molecule has 0 saturated carbocycles. The second-order valence-corrected chi connectivity index (χ2v) is 5.29. The van der Waals surface area contributed by atoms with E-state index in [0.29, 0.717) is 38.2 Å². The maximum absolute atomic E-state index is 12.5. The Morgan fingerprint density at radius 1 is 1.23 bits per heavy atom. The van der Waals surface area contributed by atoms with Gasteiger partial charge in [0.05, 0.1) is 5.69 Å². The zero-order chi connectivity index (χ0) is 16.1. The summed E-state index contributed by atoms with van der Waals surface area (Å²) in [6, 6.07) is 7.49. The van der Waals surface area contributed by atoms with Crippen molar-refractivity contribution < 1.29 is 14.3 Å². The van der Waals surface area contributed by atoms with Crippen molar-refractivity contribution in [2.45, 2.75) is 39.7 Å². The topological polar surface area (TPSA) is 49.9 Å². The molecule has 22 heavy (non-hydrogen) atoms. The quantitative estimate of drug-likeness (QED) is 0.811. The smallest absolute Gasteiger partial charge is 0.268 e. The Morgan fingerprint density at radius 3 is 2.55 bits per heavy atom. The summed E-state index contributed by atoms with van der Waals surface area (Å²) in [5.74, 6) is 0.729. The molecule has 1 unspecified atom stereocenters. The molecule has 0 bridgehead atoms. The highest BCUT2D eigenvalue weighted by molar-refractivity contribution is 6.00. The van der Waals surface area contributed by atoms with Gasteiger partial charge in [0.25, 0.3) is 5.91 Å². The number of fused-ring (bicyclic) bond motifs is 1. The minimum atomic E-state index is -0.460. The molecule has 1 aromatic carbocycles. The van der Waals surface area contributed by atoms with Crippen LogP contribution in [0.15, 0.2) is 24.3 Å². The number of nitrogens with zero attached hydrogens (tertiary/aromatic N) is 2. The van der Waals surface area contributed by atoms with Crippen molar-refractivity contribution in [3.8, 4) is 5.75 Å². The van der Waals surface area contributed by atoms with Crippen LogP contribution in [0.3, 0.4) is 0 Å². The number of carbonyl (C=O) groups is 2. The highest BCUT2D eigenvalue weighted by Gasteiger charge is 2.33. The summed E-state index contributed by atoms with van der Waals surface area (Å²) < 4.78 is 5.73. The summed E-state index contributed by atoms with van der Waals surface area (Å²) in [5, 5.41) is 0. The van der Waals surface area contributed by atoms with Crippen LogP contribution in [-0.2, 0) is 9.59 Å². The van der Waals surface area contributed by atoms with Crippen molar-refractivity contribution >= 4 is 17.5 Å². The molecule has 1 heterocycles. The van der Waals surface area contributed by atoms with Crippen molar-refractivity contribution in [2.24, 2.45) is 0 Å². The van der Waals surface area contributed by atoms with E-state index < -0.39 is 6.10 Å². The van der Waals surface area contributed by atoms with Gasteiger partial charge in [0.15, 0.2) is 6.10 Å². The van der Waals surface area contributed by atoms with Crippen molar-refractivity contribution in [3.63, 3.8) is 0 Å². The van der Waals surface area contributed by atoms with Crippen LogP contribution in [0, 0.1) is 0 Å². The molecule has 0 spiro atoms. The number of hydrogen-bond donors (Lipinski definition) is 0. The van der Waals surface area contributed by atoms with Crippen LogP contribution in [0.2, 0.25) is 0 Å².